The van der Waals surface area contributed by atoms with Crippen LogP contribution in [0.25, 0.3) is 0 Å². The lowest BCUT2D eigenvalue weighted by Crippen LogP contribution is -2.37. The first-order chi connectivity index (χ1) is 13.4. The number of ether oxygens (including phenoxy) is 1. The quantitative estimate of drug-likeness (QED) is 0.608. The fourth-order valence-electron chi connectivity index (χ4n) is 2.93. The highest BCUT2D eigenvalue weighted by molar-refractivity contribution is 6.07. The number of rotatable bonds is 5. The zero-order valence-electron chi connectivity index (χ0n) is 15.0. The number of hydrogen-bond donors (Lipinski definition) is 1. The molecule has 146 valence electrons. The maximum atomic E-state index is 12.8. The van der Waals surface area contributed by atoms with Gasteiger partial charge in [-0.15, -0.1) is 0 Å². The van der Waals surface area contributed by atoms with Gasteiger partial charge >= 0.3 is 0 Å². The van der Waals surface area contributed by atoms with E-state index in [4.69, 9.17) is 4.74 Å². The Morgan fingerprint density at radius 2 is 1.93 bits per heavy atom. The molecule has 0 radical (unpaired) electrons. The molecular formula is C17H17N5O6. The number of benzene rings is 1. The van der Waals surface area contributed by atoms with Crippen LogP contribution < -0.4 is 10.2 Å². The van der Waals surface area contributed by atoms with Gasteiger partial charge in [0.25, 0.3) is 17.3 Å². The molecule has 3 rings (SSSR count). The Kier molecular flexibility index (Phi) is 5.45. The average Bonchev–Trinajstić information content (AvgIpc) is 2.68. The summed E-state index contributed by atoms with van der Waals surface area (Å²) in [7, 11) is 0. The van der Waals surface area contributed by atoms with Gasteiger partial charge in [0, 0.05) is 30.9 Å². The number of nitro benzene ring substituents is 2. The van der Waals surface area contributed by atoms with Crippen LogP contribution in [0.3, 0.4) is 0 Å². The average molecular weight is 387 g/mol. The van der Waals surface area contributed by atoms with Crippen LogP contribution in [-0.2, 0) is 4.74 Å². The van der Waals surface area contributed by atoms with E-state index in [0.717, 1.165) is 12.1 Å². The van der Waals surface area contributed by atoms with Crippen molar-refractivity contribution in [2.45, 2.75) is 6.92 Å². The van der Waals surface area contributed by atoms with Crippen molar-refractivity contribution in [2.24, 2.45) is 0 Å². The number of nitro groups is 2. The normalized spacial score (nSPS) is 13.8. The highest BCUT2D eigenvalue weighted by atomic mass is 16.6. The first kappa shape index (κ1) is 19.2. The lowest BCUT2D eigenvalue weighted by atomic mass is 10.0. The highest BCUT2D eigenvalue weighted by Gasteiger charge is 2.26. The predicted octanol–water partition coefficient (Wildman–Crippen LogP) is 2.30. The van der Waals surface area contributed by atoms with Gasteiger partial charge in [-0.3, -0.25) is 25.0 Å². The summed E-state index contributed by atoms with van der Waals surface area (Å²) in [5.74, 6) is -0.149. The van der Waals surface area contributed by atoms with Crippen LogP contribution in [0, 0.1) is 27.2 Å². The minimum atomic E-state index is -0.771. The van der Waals surface area contributed by atoms with E-state index < -0.39 is 27.1 Å². The van der Waals surface area contributed by atoms with Gasteiger partial charge in [-0.05, 0) is 19.1 Å². The number of carbonyl (C=O) groups is 1. The standard InChI is InChI=1S/C17H17N5O6/c1-11-13(9-12(21(24)25)10-15(11)22(26)27)17(23)19-14-3-2-4-18-16(14)20-5-7-28-8-6-20/h2-4,9-10H,5-8H2,1H3,(H,19,23). The van der Waals surface area contributed by atoms with E-state index in [1.807, 2.05) is 4.90 Å². The Balaban J connectivity index is 1.96. The van der Waals surface area contributed by atoms with E-state index >= 15 is 0 Å². The molecule has 1 aliphatic heterocycles. The molecule has 0 unspecified atom stereocenters. The minimum absolute atomic E-state index is 0.0462. The Morgan fingerprint density at radius 1 is 1.21 bits per heavy atom. The van der Waals surface area contributed by atoms with Crippen LogP contribution in [0.2, 0.25) is 0 Å². The van der Waals surface area contributed by atoms with Gasteiger partial charge < -0.3 is 15.0 Å². The van der Waals surface area contributed by atoms with Crippen LogP contribution in [0.1, 0.15) is 15.9 Å². The van der Waals surface area contributed by atoms with Gasteiger partial charge in [0.15, 0.2) is 5.82 Å². The lowest BCUT2D eigenvalue weighted by Gasteiger charge is -2.29. The zero-order chi connectivity index (χ0) is 20.3. The third-order valence-electron chi connectivity index (χ3n) is 4.36. The summed E-state index contributed by atoms with van der Waals surface area (Å²) in [5.41, 5.74) is -0.702. The van der Waals surface area contributed by atoms with E-state index in [1.165, 1.54) is 6.92 Å². The SMILES string of the molecule is Cc1c(C(=O)Nc2cccnc2N2CCOCC2)cc([N+](=O)[O-])cc1[N+](=O)[O-]. The first-order valence-corrected chi connectivity index (χ1v) is 8.41. The molecule has 28 heavy (non-hydrogen) atoms. The number of amides is 1. The van der Waals surface area contributed by atoms with E-state index in [0.29, 0.717) is 37.8 Å². The van der Waals surface area contributed by atoms with Crippen LogP contribution in [0.4, 0.5) is 22.9 Å². The third-order valence-corrected chi connectivity index (χ3v) is 4.36. The number of anilines is 2. The van der Waals surface area contributed by atoms with Gasteiger partial charge in [0.2, 0.25) is 0 Å². The smallest absolute Gasteiger partial charge is 0.279 e. The number of non-ortho nitro benzene ring substituents is 1. The second-order valence-corrected chi connectivity index (χ2v) is 6.08. The molecule has 2 aromatic rings. The fourth-order valence-corrected chi connectivity index (χ4v) is 2.93. The second-order valence-electron chi connectivity index (χ2n) is 6.08. The van der Waals surface area contributed by atoms with Crippen LogP contribution >= 0.6 is 0 Å². The summed E-state index contributed by atoms with van der Waals surface area (Å²) in [5, 5.41) is 25.0. The monoisotopic (exact) mass is 387 g/mol. The molecule has 0 aliphatic carbocycles. The number of hydrogen-bond acceptors (Lipinski definition) is 8. The molecular weight excluding hydrogens is 370 g/mol. The van der Waals surface area contributed by atoms with Crippen molar-refractivity contribution in [1.29, 1.82) is 0 Å². The van der Waals surface area contributed by atoms with Crippen LogP contribution in [-0.4, -0.2) is 47.0 Å². The summed E-state index contributed by atoms with van der Waals surface area (Å²) in [6, 6.07) is 5.16. The molecule has 1 amide bonds. The number of morpholine rings is 1. The topological polar surface area (TPSA) is 141 Å². The highest BCUT2D eigenvalue weighted by Crippen LogP contribution is 2.30. The predicted molar refractivity (Wildman–Crippen MR) is 99.7 cm³/mol. The minimum Gasteiger partial charge on any atom is -0.378 e. The van der Waals surface area contributed by atoms with Gasteiger partial charge in [-0.1, -0.05) is 0 Å². The molecule has 0 atom stereocenters. The van der Waals surface area contributed by atoms with Gasteiger partial charge in [-0.25, -0.2) is 4.98 Å². The molecule has 2 heterocycles. The fraction of sp³-hybridized carbons (Fsp3) is 0.294. The summed E-state index contributed by atoms with van der Waals surface area (Å²) < 4.78 is 5.31. The van der Waals surface area contributed by atoms with Crippen molar-refractivity contribution in [3.63, 3.8) is 0 Å². The summed E-state index contributed by atoms with van der Waals surface area (Å²) >= 11 is 0. The van der Waals surface area contributed by atoms with E-state index in [2.05, 4.69) is 10.3 Å². The van der Waals surface area contributed by atoms with E-state index in [1.54, 1.807) is 18.3 Å². The lowest BCUT2D eigenvalue weighted by molar-refractivity contribution is -0.394. The number of nitrogens with one attached hydrogen (secondary N) is 1. The molecule has 1 aromatic heterocycles. The zero-order valence-corrected chi connectivity index (χ0v) is 15.0. The number of aromatic nitrogens is 1. The Morgan fingerprint density at radius 3 is 2.57 bits per heavy atom. The van der Waals surface area contributed by atoms with Crippen molar-refractivity contribution >= 4 is 28.8 Å². The summed E-state index contributed by atoms with van der Waals surface area (Å²) in [6.07, 6.45) is 1.59. The van der Waals surface area contributed by atoms with E-state index in [9.17, 15) is 25.0 Å². The molecule has 0 spiro atoms. The summed E-state index contributed by atoms with van der Waals surface area (Å²) in [4.78, 5) is 39.8. The van der Waals surface area contributed by atoms with Crippen LogP contribution in [0.5, 0.6) is 0 Å². The number of nitrogens with zero attached hydrogens (tertiary/aromatic N) is 4. The Labute approximate surface area is 159 Å². The molecule has 1 saturated heterocycles. The van der Waals surface area contributed by atoms with Crippen molar-refractivity contribution in [2.75, 3.05) is 36.5 Å². The molecule has 1 fully saturated rings. The summed E-state index contributed by atoms with van der Waals surface area (Å²) in [6.45, 7) is 3.63. The molecule has 11 nitrogen and oxygen atoms in total. The molecule has 1 aromatic carbocycles. The molecule has 1 aliphatic rings. The first-order valence-electron chi connectivity index (χ1n) is 8.41. The van der Waals surface area contributed by atoms with Gasteiger partial charge in [-0.2, -0.15) is 0 Å². The molecule has 0 bridgehead atoms. The van der Waals surface area contributed by atoms with Crippen molar-refractivity contribution < 1.29 is 19.4 Å². The largest absolute Gasteiger partial charge is 0.378 e. The Bertz CT molecular complexity index is 942. The van der Waals surface area contributed by atoms with Crippen molar-refractivity contribution in [1.82, 2.24) is 4.98 Å². The van der Waals surface area contributed by atoms with E-state index in [-0.39, 0.29) is 11.1 Å². The maximum Gasteiger partial charge on any atom is 0.279 e. The maximum absolute atomic E-state index is 12.8. The van der Waals surface area contributed by atoms with Crippen molar-refractivity contribution in [3.05, 3.63) is 61.8 Å². The molecule has 11 heteroatoms. The number of pyridine rings is 1. The number of carbonyl (C=O) groups excluding carboxylic acids is 1. The Hall–Kier alpha value is -3.60. The van der Waals surface area contributed by atoms with Crippen molar-refractivity contribution in [3.8, 4) is 0 Å². The molecule has 1 N–H and O–H groups in total. The third kappa shape index (κ3) is 3.88. The second kappa shape index (κ2) is 7.96. The van der Waals surface area contributed by atoms with Gasteiger partial charge in [0.05, 0.1) is 40.4 Å². The van der Waals surface area contributed by atoms with Crippen LogP contribution in [0.15, 0.2) is 30.5 Å². The molecule has 0 saturated carbocycles. The van der Waals surface area contributed by atoms with Gasteiger partial charge in [0.1, 0.15) is 0 Å².